The van der Waals surface area contributed by atoms with E-state index >= 15 is 0 Å². The van der Waals surface area contributed by atoms with E-state index in [1.807, 2.05) is 0 Å². The van der Waals surface area contributed by atoms with E-state index in [2.05, 4.69) is 4.98 Å². The maximum atomic E-state index is 10.9. The molecule has 0 aliphatic carbocycles. The fourth-order valence-corrected chi connectivity index (χ4v) is 0.872. The maximum Gasteiger partial charge on any atom is 0.350 e. The summed E-state index contributed by atoms with van der Waals surface area (Å²) in [5.41, 5.74) is 5.72. The van der Waals surface area contributed by atoms with Gasteiger partial charge in [-0.05, 0) is 6.92 Å². The van der Waals surface area contributed by atoms with Gasteiger partial charge in [0.25, 0.3) is 0 Å². The Morgan fingerprint density at radius 2 is 2.18 bits per heavy atom. The molecule has 0 radical (unpaired) electrons. The van der Waals surface area contributed by atoms with Crippen LogP contribution in [0.15, 0.2) is 4.79 Å². The molecule has 1 aromatic heterocycles. The van der Waals surface area contributed by atoms with Gasteiger partial charge in [0.05, 0.1) is 0 Å². The van der Waals surface area contributed by atoms with E-state index in [9.17, 15) is 4.79 Å². The van der Waals surface area contributed by atoms with Crippen molar-refractivity contribution >= 4 is 17.4 Å². The lowest BCUT2D eigenvalue weighted by atomic mass is 10.3. The first-order valence-electron chi connectivity index (χ1n) is 3.02. The number of aromatic nitrogens is 2. The number of nitrogens with two attached hydrogens (primary N) is 1. The summed E-state index contributed by atoms with van der Waals surface area (Å²) in [6.07, 6.45) is 0. The number of halogens is 1. The molecule has 0 spiro atoms. The molecule has 5 heteroatoms. The van der Waals surface area contributed by atoms with E-state index in [0.29, 0.717) is 11.4 Å². The summed E-state index contributed by atoms with van der Waals surface area (Å²) >= 11 is 5.59. The van der Waals surface area contributed by atoms with Crippen molar-refractivity contribution in [2.75, 3.05) is 5.73 Å². The second kappa shape index (κ2) is 2.54. The standard InChI is InChI=1S/C6H8ClN3O/c1-3-4(7)9-6(11)10(2)5(3)8/h8H2,1-2H3. The molecule has 0 saturated heterocycles. The summed E-state index contributed by atoms with van der Waals surface area (Å²) in [5, 5.41) is 0.172. The molecule has 0 aliphatic rings. The second-order valence-corrected chi connectivity index (χ2v) is 2.61. The van der Waals surface area contributed by atoms with Gasteiger partial charge in [-0.1, -0.05) is 11.6 Å². The van der Waals surface area contributed by atoms with Crippen molar-refractivity contribution in [2.24, 2.45) is 7.05 Å². The third-order valence-corrected chi connectivity index (χ3v) is 1.90. The van der Waals surface area contributed by atoms with Gasteiger partial charge in [0.15, 0.2) is 0 Å². The molecule has 11 heavy (non-hydrogen) atoms. The van der Waals surface area contributed by atoms with Gasteiger partial charge in [-0.2, -0.15) is 4.98 Å². The predicted octanol–water partition coefficient (Wildman–Crippen LogP) is 0.324. The zero-order valence-electron chi connectivity index (χ0n) is 6.26. The van der Waals surface area contributed by atoms with E-state index in [1.165, 1.54) is 4.57 Å². The topological polar surface area (TPSA) is 60.9 Å². The minimum Gasteiger partial charge on any atom is -0.385 e. The highest BCUT2D eigenvalue weighted by molar-refractivity contribution is 6.30. The van der Waals surface area contributed by atoms with Crippen LogP contribution >= 0.6 is 11.6 Å². The molecule has 0 bridgehead atoms. The lowest BCUT2D eigenvalue weighted by molar-refractivity contribution is 0.816. The van der Waals surface area contributed by atoms with Crippen LogP contribution in [0, 0.1) is 6.92 Å². The fourth-order valence-electron chi connectivity index (χ4n) is 0.703. The van der Waals surface area contributed by atoms with Crippen LogP contribution in [-0.4, -0.2) is 9.55 Å². The normalized spacial score (nSPS) is 10.1. The minimum atomic E-state index is -0.432. The van der Waals surface area contributed by atoms with Crippen LogP contribution in [0.3, 0.4) is 0 Å². The molecule has 4 nitrogen and oxygen atoms in total. The summed E-state index contributed by atoms with van der Waals surface area (Å²) in [6, 6.07) is 0. The molecule has 60 valence electrons. The molecule has 0 saturated carbocycles. The lowest BCUT2D eigenvalue weighted by Crippen LogP contribution is -2.23. The van der Waals surface area contributed by atoms with Crippen LogP contribution in [-0.2, 0) is 7.05 Å². The Kier molecular flexibility index (Phi) is 1.87. The molecule has 0 aliphatic heterocycles. The number of rotatable bonds is 0. The number of anilines is 1. The van der Waals surface area contributed by atoms with E-state index in [1.54, 1.807) is 14.0 Å². The highest BCUT2D eigenvalue weighted by Crippen LogP contribution is 2.14. The van der Waals surface area contributed by atoms with Gasteiger partial charge in [0.2, 0.25) is 0 Å². The van der Waals surface area contributed by atoms with Gasteiger partial charge in [-0.15, -0.1) is 0 Å². The second-order valence-electron chi connectivity index (χ2n) is 2.25. The highest BCUT2D eigenvalue weighted by Gasteiger charge is 2.05. The van der Waals surface area contributed by atoms with Gasteiger partial charge in [0.1, 0.15) is 11.0 Å². The molecule has 1 rings (SSSR count). The van der Waals surface area contributed by atoms with E-state index in [4.69, 9.17) is 17.3 Å². The van der Waals surface area contributed by atoms with Crippen LogP contribution < -0.4 is 11.4 Å². The van der Waals surface area contributed by atoms with E-state index < -0.39 is 5.69 Å². The van der Waals surface area contributed by atoms with Crippen molar-refractivity contribution in [1.29, 1.82) is 0 Å². The molecule has 0 atom stereocenters. The largest absolute Gasteiger partial charge is 0.385 e. The Bertz CT molecular complexity index is 344. The Hall–Kier alpha value is -1.03. The zero-order chi connectivity index (χ0) is 8.59. The van der Waals surface area contributed by atoms with Crippen molar-refractivity contribution in [3.63, 3.8) is 0 Å². The van der Waals surface area contributed by atoms with E-state index in [0.717, 1.165) is 0 Å². The zero-order valence-corrected chi connectivity index (χ0v) is 7.01. The Balaban J connectivity index is 3.59. The number of hydrogen-bond donors (Lipinski definition) is 1. The average molecular weight is 174 g/mol. The number of hydrogen-bond acceptors (Lipinski definition) is 3. The van der Waals surface area contributed by atoms with E-state index in [-0.39, 0.29) is 5.15 Å². The minimum absolute atomic E-state index is 0.172. The third-order valence-electron chi connectivity index (χ3n) is 1.54. The molecule has 2 N–H and O–H groups in total. The summed E-state index contributed by atoms with van der Waals surface area (Å²) in [6.45, 7) is 1.71. The Morgan fingerprint density at radius 3 is 2.73 bits per heavy atom. The lowest BCUT2D eigenvalue weighted by Gasteiger charge is -2.05. The molecule has 0 fully saturated rings. The smallest absolute Gasteiger partial charge is 0.350 e. The van der Waals surface area contributed by atoms with Crippen molar-refractivity contribution in [3.05, 3.63) is 21.2 Å². The molecule has 1 aromatic rings. The first-order valence-corrected chi connectivity index (χ1v) is 3.40. The maximum absolute atomic E-state index is 10.9. The van der Waals surface area contributed by atoms with Gasteiger partial charge in [-0.25, -0.2) is 4.79 Å². The van der Waals surface area contributed by atoms with Gasteiger partial charge < -0.3 is 5.73 Å². The summed E-state index contributed by atoms with van der Waals surface area (Å²) in [7, 11) is 1.55. The molecule has 0 amide bonds. The van der Waals surface area contributed by atoms with Crippen molar-refractivity contribution in [1.82, 2.24) is 9.55 Å². The number of nitrogens with zero attached hydrogens (tertiary/aromatic N) is 2. The fraction of sp³-hybridized carbons (Fsp3) is 0.333. The molecular weight excluding hydrogens is 166 g/mol. The number of nitrogen functional groups attached to an aromatic ring is 1. The molecule has 1 heterocycles. The monoisotopic (exact) mass is 173 g/mol. The predicted molar refractivity (Wildman–Crippen MR) is 43.6 cm³/mol. The summed E-state index contributed by atoms with van der Waals surface area (Å²) in [4.78, 5) is 14.4. The third kappa shape index (κ3) is 1.21. The Labute approximate surface area is 68.6 Å². The van der Waals surface area contributed by atoms with Gasteiger partial charge >= 0.3 is 5.69 Å². The Morgan fingerprint density at radius 1 is 1.64 bits per heavy atom. The molecule has 0 unspecified atom stereocenters. The van der Waals surface area contributed by atoms with Crippen LogP contribution in [0.1, 0.15) is 5.56 Å². The van der Waals surface area contributed by atoms with Crippen LogP contribution in [0.4, 0.5) is 5.82 Å². The van der Waals surface area contributed by atoms with Crippen molar-refractivity contribution in [2.45, 2.75) is 6.92 Å². The highest BCUT2D eigenvalue weighted by atomic mass is 35.5. The molecular formula is C6H8ClN3O. The average Bonchev–Trinajstić information content (AvgIpc) is 1.97. The van der Waals surface area contributed by atoms with Crippen LogP contribution in [0.5, 0.6) is 0 Å². The SMILES string of the molecule is Cc1c(Cl)nc(=O)n(C)c1N. The van der Waals surface area contributed by atoms with Crippen molar-refractivity contribution in [3.8, 4) is 0 Å². The van der Waals surface area contributed by atoms with Crippen LogP contribution in [0.25, 0.3) is 0 Å². The quantitative estimate of drug-likeness (QED) is 0.575. The first kappa shape index (κ1) is 8.07. The summed E-state index contributed by atoms with van der Waals surface area (Å²) < 4.78 is 1.25. The van der Waals surface area contributed by atoms with Gasteiger partial charge in [0, 0.05) is 12.6 Å². The first-order chi connectivity index (χ1) is 5.04. The van der Waals surface area contributed by atoms with Gasteiger partial charge in [-0.3, -0.25) is 4.57 Å². The van der Waals surface area contributed by atoms with Crippen LogP contribution in [0.2, 0.25) is 5.15 Å². The molecule has 0 aromatic carbocycles. The van der Waals surface area contributed by atoms with Crippen molar-refractivity contribution < 1.29 is 0 Å². The summed E-state index contributed by atoms with van der Waals surface area (Å²) in [5.74, 6) is 0.356.